The van der Waals surface area contributed by atoms with E-state index in [0.29, 0.717) is 22.5 Å². The van der Waals surface area contributed by atoms with Gasteiger partial charge in [0.1, 0.15) is 0 Å². The largest absolute Gasteiger partial charge is 0.371 e. The lowest BCUT2D eigenvalue weighted by Gasteiger charge is -2.33. The van der Waals surface area contributed by atoms with Crippen LogP contribution in [0.25, 0.3) is 0 Å². The number of carbonyl (C=O) groups excluding carboxylic acids is 1. The second-order valence-electron chi connectivity index (χ2n) is 7.58. The van der Waals surface area contributed by atoms with Crippen molar-refractivity contribution in [3.8, 4) is 0 Å². The lowest BCUT2D eigenvalue weighted by molar-refractivity contribution is 0.237. The second kappa shape index (κ2) is 8.58. The van der Waals surface area contributed by atoms with Gasteiger partial charge in [-0.15, -0.1) is 0 Å². The van der Waals surface area contributed by atoms with Crippen molar-refractivity contribution in [2.24, 2.45) is 5.92 Å². The van der Waals surface area contributed by atoms with Crippen LogP contribution in [0.1, 0.15) is 30.7 Å². The van der Waals surface area contributed by atoms with Crippen molar-refractivity contribution in [2.45, 2.75) is 31.2 Å². The highest BCUT2D eigenvalue weighted by molar-refractivity contribution is 6.42. The molecule has 1 aromatic carbocycles. The molecular formula is C21H24Cl2N4O. The summed E-state index contributed by atoms with van der Waals surface area (Å²) >= 11 is 12.4. The van der Waals surface area contributed by atoms with Gasteiger partial charge in [0.25, 0.3) is 0 Å². The third-order valence-electron chi connectivity index (χ3n) is 5.68. The summed E-state index contributed by atoms with van der Waals surface area (Å²) < 4.78 is 0. The molecule has 1 aliphatic carbocycles. The van der Waals surface area contributed by atoms with Gasteiger partial charge in [-0.2, -0.15) is 0 Å². The molecule has 0 bridgehead atoms. The first-order chi connectivity index (χ1) is 13.6. The number of anilines is 1. The Morgan fingerprint density at radius 3 is 2.64 bits per heavy atom. The van der Waals surface area contributed by atoms with Crippen LogP contribution in [0, 0.1) is 5.92 Å². The third-order valence-corrected chi connectivity index (χ3v) is 6.52. The molecule has 2 heterocycles. The zero-order valence-corrected chi connectivity index (χ0v) is 17.1. The molecule has 1 aromatic heterocycles. The number of hydrogen-bond acceptors (Lipinski definition) is 3. The van der Waals surface area contributed by atoms with Crippen LogP contribution in [0.3, 0.4) is 0 Å². The van der Waals surface area contributed by atoms with Gasteiger partial charge in [0.05, 0.1) is 10.0 Å². The van der Waals surface area contributed by atoms with Gasteiger partial charge in [-0.25, -0.2) is 4.79 Å². The molecule has 7 heteroatoms. The number of rotatable bonds is 5. The Morgan fingerprint density at radius 2 is 1.89 bits per heavy atom. The van der Waals surface area contributed by atoms with Gasteiger partial charge in [0, 0.05) is 49.7 Å². The number of benzene rings is 1. The van der Waals surface area contributed by atoms with E-state index >= 15 is 0 Å². The van der Waals surface area contributed by atoms with Gasteiger partial charge in [-0.05, 0) is 48.9 Å². The quantitative estimate of drug-likeness (QED) is 0.753. The zero-order chi connectivity index (χ0) is 19.5. The van der Waals surface area contributed by atoms with E-state index in [1.165, 1.54) is 5.69 Å². The number of aromatic nitrogens is 1. The smallest absolute Gasteiger partial charge is 0.315 e. The summed E-state index contributed by atoms with van der Waals surface area (Å²) in [6, 6.07) is 9.79. The number of hydrogen-bond donors (Lipinski definition) is 2. The normalized spacial score (nSPS) is 22.0. The molecule has 28 heavy (non-hydrogen) atoms. The molecular weight excluding hydrogens is 395 g/mol. The Bertz CT molecular complexity index is 824. The maximum atomic E-state index is 12.3. The van der Waals surface area contributed by atoms with E-state index in [4.69, 9.17) is 23.2 Å². The predicted molar refractivity (Wildman–Crippen MR) is 113 cm³/mol. The van der Waals surface area contributed by atoms with E-state index in [-0.39, 0.29) is 18.0 Å². The van der Waals surface area contributed by atoms with E-state index in [1.807, 2.05) is 36.7 Å². The van der Waals surface area contributed by atoms with E-state index in [2.05, 4.69) is 20.5 Å². The first-order valence-corrected chi connectivity index (χ1v) is 10.5. The molecule has 1 saturated heterocycles. The summed E-state index contributed by atoms with van der Waals surface area (Å²) in [5.74, 6) is 0.766. The SMILES string of the molecule is O=C(NCC1CCN(c2ccncc2)CC1)NC1CC1c1cccc(Cl)c1Cl. The number of nitrogens with one attached hydrogen (secondary N) is 2. The summed E-state index contributed by atoms with van der Waals surface area (Å²) in [4.78, 5) is 18.7. The van der Waals surface area contributed by atoms with Crippen molar-refractivity contribution in [2.75, 3.05) is 24.5 Å². The molecule has 2 N–H and O–H groups in total. The van der Waals surface area contributed by atoms with Crippen molar-refractivity contribution in [1.29, 1.82) is 0 Å². The third kappa shape index (κ3) is 4.53. The van der Waals surface area contributed by atoms with Crippen molar-refractivity contribution < 1.29 is 4.79 Å². The molecule has 5 nitrogen and oxygen atoms in total. The lowest BCUT2D eigenvalue weighted by Crippen LogP contribution is -2.42. The number of urea groups is 1. The molecule has 2 fully saturated rings. The van der Waals surface area contributed by atoms with Crippen LogP contribution in [-0.2, 0) is 0 Å². The zero-order valence-electron chi connectivity index (χ0n) is 15.6. The van der Waals surface area contributed by atoms with E-state index in [1.54, 1.807) is 6.07 Å². The van der Waals surface area contributed by atoms with Crippen molar-refractivity contribution in [3.05, 3.63) is 58.3 Å². The van der Waals surface area contributed by atoms with Crippen LogP contribution in [0.4, 0.5) is 10.5 Å². The summed E-state index contributed by atoms with van der Waals surface area (Å²) in [6.45, 7) is 2.73. The Labute approximate surface area is 175 Å². The number of nitrogens with zero attached hydrogens (tertiary/aromatic N) is 2. The fourth-order valence-electron chi connectivity index (χ4n) is 3.91. The summed E-state index contributed by atoms with van der Waals surface area (Å²) in [5.41, 5.74) is 2.24. The average Bonchev–Trinajstić information content (AvgIpc) is 3.48. The van der Waals surface area contributed by atoms with Crippen LogP contribution in [-0.4, -0.2) is 36.7 Å². The molecule has 1 saturated carbocycles. The minimum Gasteiger partial charge on any atom is -0.371 e. The van der Waals surface area contributed by atoms with Crippen LogP contribution in [0.15, 0.2) is 42.7 Å². The molecule has 2 aromatic rings. The van der Waals surface area contributed by atoms with Gasteiger partial charge in [0.2, 0.25) is 0 Å². The molecule has 1 aliphatic heterocycles. The maximum Gasteiger partial charge on any atom is 0.315 e. The Kier molecular flexibility index (Phi) is 5.93. The van der Waals surface area contributed by atoms with Crippen LogP contribution >= 0.6 is 23.2 Å². The molecule has 2 atom stereocenters. The van der Waals surface area contributed by atoms with Crippen LogP contribution in [0.2, 0.25) is 10.0 Å². The topological polar surface area (TPSA) is 57.3 Å². The highest BCUT2D eigenvalue weighted by Crippen LogP contribution is 2.45. The minimum absolute atomic E-state index is 0.0952. The van der Waals surface area contributed by atoms with E-state index in [9.17, 15) is 4.79 Å². The lowest BCUT2D eigenvalue weighted by atomic mass is 9.96. The summed E-state index contributed by atoms with van der Waals surface area (Å²) in [6.07, 6.45) is 6.71. The van der Waals surface area contributed by atoms with Gasteiger partial charge in [-0.1, -0.05) is 35.3 Å². The van der Waals surface area contributed by atoms with Crippen molar-refractivity contribution >= 4 is 34.9 Å². The molecule has 2 aliphatic rings. The highest BCUT2D eigenvalue weighted by atomic mass is 35.5. The molecule has 0 radical (unpaired) electrons. The Morgan fingerprint density at radius 1 is 1.14 bits per heavy atom. The van der Waals surface area contributed by atoms with Crippen molar-refractivity contribution in [1.82, 2.24) is 15.6 Å². The molecule has 0 spiro atoms. The van der Waals surface area contributed by atoms with Crippen LogP contribution < -0.4 is 15.5 Å². The fourth-order valence-corrected chi connectivity index (χ4v) is 4.36. The second-order valence-corrected chi connectivity index (χ2v) is 8.37. The number of halogens is 2. The van der Waals surface area contributed by atoms with E-state index < -0.39 is 0 Å². The predicted octanol–water partition coefficient (Wildman–Crippen LogP) is 4.46. The molecule has 2 unspecified atom stereocenters. The summed E-state index contributed by atoms with van der Waals surface area (Å²) in [5, 5.41) is 7.25. The maximum absolute atomic E-state index is 12.3. The standard InChI is InChI=1S/C21H24Cl2N4O/c22-18-3-1-2-16(20(18)23)17-12-19(17)26-21(28)25-13-14-6-10-27(11-7-14)15-4-8-24-9-5-15/h1-5,8-9,14,17,19H,6-7,10-13H2,(H2,25,26,28). The highest BCUT2D eigenvalue weighted by Gasteiger charge is 2.41. The molecule has 148 valence electrons. The molecule has 4 rings (SSSR count). The fraction of sp³-hybridized carbons (Fsp3) is 0.429. The number of amides is 2. The average molecular weight is 419 g/mol. The number of pyridine rings is 1. The van der Waals surface area contributed by atoms with Gasteiger partial charge in [0.15, 0.2) is 0 Å². The van der Waals surface area contributed by atoms with Gasteiger partial charge < -0.3 is 15.5 Å². The Hall–Kier alpha value is -1.98. The number of piperidine rings is 1. The number of carbonyl (C=O) groups is 1. The first-order valence-electron chi connectivity index (χ1n) is 9.75. The molecule has 2 amide bonds. The van der Waals surface area contributed by atoms with Gasteiger partial charge >= 0.3 is 6.03 Å². The Balaban J connectivity index is 1.19. The summed E-state index contributed by atoms with van der Waals surface area (Å²) in [7, 11) is 0. The van der Waals surface area contributed by atoms with E-state index in [0.717, 1.165) is 37.9 Å². The first kappa shape index (κ1) is 19.3. The van der Waals surface area contributed by atoms with Gasteiger partial charge in [-0.3, -0.25) is 4.98 Å². The minimum atomic E-state index is -0.0952. The van der Waals surface area contributed by atoms with Crippen molar-refractivity contribution in [3.63, 3.8) is 0 Å². The van der Waals surface area contributed by atoms with Crippen LogP contribution in [0.5, 0.6) is 0 Å². The monoisotopic (exact) mass is 418 g/mol.